The fraction of sp³-hybridized carbons (Fsp3) is 0.462. The molecular weight excluding hydrogens is 404 g/mol. The number of hydrogen-bond donors (Lipinski definition) is 1. The zero-order valence-corrected chi connectivity index (χ0v) is 19.4. The monoisotopic (exact) mass is 438 g/mol. The van der Waals surface area contributed by atoms with Crippen LogP contribution in [0.4, 0.5) is 4.79 Å². The van der Waals surface area contributed by atoms with Gasteiger partial charge in [0.2, 0.25) is 5.91 Å². The number of carbonyl (C=O) groups is 2. The Kier molecular flexibility index (Phi) is 7.91. The number of rotatable bonds is 6. The average Bonchev–Trinajstić information content (AvgIpc) is 2.79. The van der Waals surface area contributed by atoms with Gasteiger partial charge < -0.3 is 14.8 Å². The van der Waals surface area contributed by atoms with Gasteiger partial charge in [0, 0.05) is 13.7 Å². The highest BCUT2D eigenvalue weighted by atomic mass is 16.6. The minimum absolute atomic E-state index is 0.192. The Labute approximate surface area is 190 Å². The van der Waals surface area contributed by atoms with E-state index in [0.29, 0.717) is 13.0 Å². The van der Waals surface area contributed by atoms with Crippen molar-refractivity contribution < 1.29 is 19.1 Å². The molecule has 0 spiro atoms. The van der Waals surface area contributed by atoms with E-state index in [1.165, 1.54) is 0 Å². The van der Waals surface area contributed by atoms with Gasteiger partial charge in [0.15, 0.2) is 0 Å². The van der Waals surface area contributed by atoms with Gasteiger partial charge >= 0.3 is 6.09 Å². The standard InChI is InChI=1S/C26H34N2O4/c1-26(2,3)32-25(30)28-18-12-11-17-21(28)24(29)27-22(19-13-7-5-8-14-19)23(31-4)20-15-9-6-10-16-20/h5-10,13-16,21-23H,11-12,17-18H2,1-4H3,(H,27,29)/t21-,22-,23-/m0/s1. The van der Waals surface area contributed by atoms with Gasteiger partial charge in [0.25, 0.3) is 0 Å². The van der Waals surface area contributed by atoms with Crippen LogP contribution < -0.4 is 5.32 Å². The number of likely N-dealkylation sites (tertiary alicyclic amines) is 1. The minimum Gasteiger partial charge on any atom is -0.444 e. The molecule has 6 nitrogen and oxygen atoms in total. The molecule has 3 atom stereocenters. The molecule has 1 saturated heterocycles. The van der Waals surface area contributed by atoms with Crippen LogP contribution in [-0.4, -0.2) is 42.2 Å². The Hall–Kier alpha value is -2.86. The zero-order valence-electron chi connectivity index (χ0n) is 19.4. The summed E-state index contributed by atoms with van der Waals surface area (Å²) in [7, 11) is 1.65. The lowest BCUT2D eigenvalue weighted by Crippen LogP contribution is -2.54. The fourth-order valence-corrected chi connectivity index (χ4v) is 4.09. The third-order valence-electron chi connectivity index (χ3n) is 5.57. The third kappa shape index (κ3) is 6.10. The van der Waals surface area contributed by atoms with Crippen LogP contribution in [0.25, 0.3) is 0 Å². The smallest absolute Gasteiger partial charge is 0.410 e. The van der Waals surface area contributed by atoms with Crippen LogP contribution in [0.1, 0.15) is 63.3 Å². The summed E-state index contributed by atoms with van der Waals surface area (Å²) in [6, 6.07) is 18.7. The molecule has 2 aromatic carbocycles. The number of benzene rings is 2. The summed E-state index contributed by atoms with van der Waals surface area (Å²) in [5.41, 5.74) is 1.30. The van der Waals surface area contributed by atoms with Gasteiger partial charge in [-0.25, -0.2) is 4.79 Å². The topological polar surface area (TPSA) is 67.9 Å². The van der Waals surface area contributed by atoms with Gasteiger partial charge in [-0.15, -0.1) is 0 Å². The number of amides is 2. The van der Waals surface area contributed by atoms with E-state index in [9.17, 15) is 9.59 Å². The van der Waals surface area contributed by atoms with Crippen LogP contribution in [0.3, 0.4) is 0 Å². The molecule has 0 aliphatic carbocycles. The molecule has 32 heavy (non-hydrogen) atoms. The van der Waals surface area contributed by atoms with Gasteiger partial charge in [-0.2, -0.15) is 0 Å². The van der Waals surface area contributed by atoms with E-state index in [0.717, 1.165) is 24.0 Å². The van der Waals surface area contributed by atoms with E-state index in [1.807, 2.05) is 81.4 Å². The molecule has 1 aliphatic heterocycles. The number of piperidine rings is 1. The van der Waals surface area contributed by atoms with E-state index < -0.39 is 23.8 Å². The van der Waals surface area contributed by atoms with Crippen molar-refractivity contribution in [3.05, 3.63) is 71.8 Å². The van der Waals surface area contributed by atoms with Crippen molar-refractivity contribution in [2.75, 3.05) is 13.7 Å². The molecule has 0 saturated carbocycles. The average molecular weight is 439 g/mol. The van der Waals surface area contributed by atoms with Gasteiger partial charge in [-0.05, 0) is 51.2 Å². The lowest BCUT2D eigenvalue weighted by Gasteiger charge is -2.37. The number of hydrogen-bond acceptors (Lipinski definition) is 4. The Balaban J connectivity index is 1.86. The van der Waals surface area contributed by atoms with Crippen molar-refractivity contribution in [3.63, 3.8) is 0 Å². The van der Waals surface area contributed by atoms with Crippen molar-refractivity contribution >= 4 is 12.0 Å². The van der Waals surface area contributed by atoms with Gasteiger partial charge in [0.1, 0.15) is 17.7 Å². The van der Waals surface area contributed by atoms with Crippen molar-refractivity contribution in [2.24, 2.45) is 0 Å². The van der Waals surface area contributed by atoms with E-state index in [-0.39, 0.29) is 12.0 Å². The van der Waals surface area contributed by atoms with Crippen molar-refractivity contribution in [2.45, 2.75) is 63.8 Å². The molecule has 6 heteroatoms. The predicted molar refractivity (Wildman–Crippen MR) is 124 cm³/mol. The third-order valence-corrected chi connectivity index (χ3v) is 5.57. The van der Waals surface area contributed by atoms with Crippen LogP contribution in [-0.2, 0) is 14.3 Å². The van der Waals surface area contributed by atoms with E-state index in [2.05, 4.69) is 5.32 Å². The molecule has 0 aromatic heterocycles. The molecule has 3 rings (SSSR count). The SMILES string of the molecule is CO[C@@H](c1ccccc1)[C@@H](NC(=O)[C@@H]1CCCCN1C(=O)OC(C)(C)C)c1ccccc1. The van der Waals surface area contributed by atoms with E-state index in [4.69, 9.17) is 9.47 Å². The van der Waals surface area contributed by atoms with Crippen molar-refractivity contribution in [1.82, 2.24) is 10.2 Å². The van der Waals surface area contributed by atoms with Crippen molar-refractivity contribution in [1.29, 1.82) is 0 Å². The molecule has 172 valence electrons. The van der Waals surface area contributed by atoms with Gasteiger partial charge in [0.05, 0.1) is 6.04 Å². The second-order valence-electron chi connectivity index (χ2n) is 9.15. The predicted octanol–water partition coefficient (Wildman–Crippen LogP) is 5.02. The maximum absolute atomic E-state index is 13.5. The Morgan fingerprint density at radius 3 is 2.12 bits per heavy atom. The van der Waals surface area contributed by atoms with Gasteiger partial charge in [-0.1, -0.05) is 60.7 Å². The first kappa shape index (κ1) is 23.8. The second-order valence-corrected chi connectivity index (χ2v) is 9.15. The fourth-order valence-electron chi connectivity index (χ4n) is 4.09. The van der Waals surface area contributed by atoms with Crippen LogP contribution in [0.2, 0.25) is 0 Å². The molecule has 1 fully saturated rings. The quantitative estimate of drug-likeness (QED) is 0.688. The first-order valence-electron chi connectivity index (χ1n) is 11.2. The summed E-state index contributed by atoms with van der Waals surface area (Å²) in [5.74, 6) is -0.192. The molecule has 1 aliphatic rings. The van der Waals surface area contributed by atoms with Crippen LogP contribution in [0.5, 0.6) is 0 Å². The summed E-state index contributed by atoms with van der Waals surface area (Å²) >= 11 is 0. The molecule has 0 unspecified atom stereocenters. The highest BCUT2D eigenvalue weighted by Crippen LogP contribution is 2.32. The molecule has 0 bridgehead atoms. The summed E-state index contributed by atoms with van der Waals surface area (Å²) in [6.45, 7) is 6.00. The summed E-state index contributed by atoms with van der Waals surface area (Å²) < 4.78 is 11.4. The number of nitrogens with one attached hydrogen (secondary N) is 1. The van der Waals surface area contributed by atoms with E-state index >= 15 is 0 Å². The molecule has 2 aromatic rings. The van der Waals surface area contributed by atoms with Crippen molar-refractivity contribution in [3.8, 4) is 0 Å². The lowest BCUT2D eigenvalue weighted by atomic mass is 9.94. The largest absolute Gasteiger partial charge is 0.444 e. The van der Waals surface area contributed by atoms with Crippen LogP contribution in [0.15, 0.2) is 60.7 Å². The maximum Gasteiger partial charge on any atom is 0.410 e. The summed E-state index contributed by atoms with van der Waals surface area (Å²) in [6.07, 6.45) is 1.53. The number of carbonyl (C=O) groups excluding carboxylic acids is 2. The Bertz CT molecular complexity index is 880. The molecule has 1 N–H and O–H groups in total. The lowest BCUT2D eigenvalue weighted by molar-refractivity contribution is -0.129. The molecule has 0 radical (unpaired) electrons. The molecule has 2 amide bonds. The Morgan fingerprint density at radius 2 is 1.56 bits per heavy atom. The molecule has 1 heterocycles. The maximum atomic E-state index is 13.5. The summed E-state index contributed by atoms with van der Waals surface area (Å²) in [4.78, 5) is 27.9. The van der Waals surface area contributed by atoms with Crippen LogP contribution in [0, 0.1) is 0 Å². The number of nitrogens with zero attached hydrogens (tertiary/aromatic N) is 1. The summed E-state index contributed by atoms with van der Waals surface area (Å²) in [5, 5.41) is 3.19. The highest BCUT2D eigenvalue weighted by molar-refractivity contribution is 5.86. The number of methoxy groups -OCH3 is 1. The van der Waals surface area contributed by atoms with Crippen LogP contribution >= 0.6 is 0 Å². The first-order chi connectivity index (χ1) is 15.3. The zero-order chi connectivity index (χ0) is 23.1. The van der Waals surface area contributed by atoms with E-state index in [1.54, 1.807) is 12.0 Å². The molecular formula is C26H34N2O4. The number of ether oxygens (including phenoxy) is 2. The second kappa shape index (κ2) is 10.6. The van der Waals surface area contributed by atoms with Gasteiger partial charge in [-0.3, -0.25) is 9.69 Å². The normalized spacial score (nSPS) is 18.5. The minimum atomic E-state index is -0.614. The highest BCUT2D eigenvalue weighted by Gasteiger charge is 2.37. The first-order valence-corrected chi connectivity index (χ1v) is 11.2. The Morgan fingerprint density at radius 1 is 0.969 bits per heavy atom.